The van der Waals surface area contributed by atoms with Gasteiger partial charge in [0, 0.05) is 12.2 Å². The fourth-order valence-corrected chi connectivity index (χ4v) is 2.30. The first-order chi connectivity index (χ1) is 9.28. The van der Waals surface area contributed by atoms with Crippen LogP contribution in [0.5, 0.6) is 5.75 Å². The highest BCUT2D eigenvalue weighted by molar-refractivity contribution is 5.58. The fourth-order valence-electron chi connectivity index (χ4n) is 2.30. The van der Waals surface area contributed by atoms with E-state index in [2.05, 4.69) is 33.9 Å². The maximum atomic E-state index is 5.38. The van der Waals surface area contributed by atoms with Gasteiger partial charge in [0.25, 0.3) is 0 Å². The minimum absolute atomic E-state index is 0.665. The van der Waals surface area contributed by atoms with E-state index in [0.29, 0.717) is 6.04 Å². The minimum atomic E-state index is 0.665. The summed E-state index contributed by atoms with van der Waals surface area (Å²) in [5.74, 6) is 0.878. The van der Waals surface area contributed by atoms with E-state index in [4.69, 9.17) is 4.74 Å². The number of hydrogen-bond donors (Lipinski definition) is 1. The van der Waals surface area contributed by atoms with Gasteiger partial charge in [-0.15, -0.1) is 0 Å². The Bertz CT molecular complexity index is 573. The number of hydrogen-bond acceptors (Lipinski definition) is 3. The van der Waals surface area contributed by atoms with Gasteiger partial charge in [0.05, 0.1) is 31.4 Å². The lowest BCUT2D eigenvalue weighted by Gasteiger charge is -2.13. The summed E-state index contributed by atoms with van der Waals surface area (Å²) < 4.78 is 7.65. The van der Waals surface area contributed by atoms with Crippen molar-refractivity contribution in [3.63, 3.8) is 0 Å². The van der Waals surface area contributed by atoms with Gasteiger partial charge >= 0.3 is 0 Å². The molecule has 100 valence electrons. The molecule has 3 rings (SSSR count). The smallest absolute Gasteiger partial charge is 0.141 e. The average Bonchev–Trinajstić information content (AvgIpc) is 3.15. The zero-order valence-corrected chi connectivity index (χ0v) is 11.4. The average molecular weight is 257 g/mol. The lowest BCUT2D eigenvalue weighted by Crippen LogP contribution is -2.06. The van der Waals surface area contributed by atoms with Gasteiger partial charge < -0.3 is 14.6 Å². The molecule has 4 heteroatoms. The molecule has 0 bridgehead atoms. The summed E-state index contributed by atoms with van der Waals surface area (Å²) in [5.41, 5.74) is 3.48. The molecule has 0 saturated heterocycles. The number of aryl methyl sites for hydroxylation is 1. The third-order valence-corrected chi connectivity index (χ3v) is 3.50. The number of nitrogens with zero attached hydrogens (tertiary/aromatic N) is 2. The number of methoxy groups -OCH3 is 1. The van der Waals surface area contributed by atoms with Crippen molar-refractivity contribution in [2.24, 2.45) is 0 Å². The molecule has 1 saturated carbocycles. The molecule has 1 aliphatic carbocycles. The second-order valence-electron chi connectivity index (χ2n) is 5.08. The Morgan fingerprint density at radius 3 is 3.00 bits per heavy atom. The van der Waals surface area contributed by atoms with E-state index in [-0.39, 0.29) is 0 Å². The van der Waals surface area contributed by atoms with Crippen LogP contribution in [0.4, 0.5) is 5.69 Å². The van der Waals surface area contributed by atoms with Crippen LogP contribution in [0.15, 0.2) is 30.7 Å². The number of aromatic nitrogens is 2. The van der Waals surface area contributed by atoms with E-state index in [9.17, 15) is 0 Å². The van der Waals surface area contributed by atoms with Gasteiger partial charge in [0.2, 0.25) is 0 Å². The second kappa shape index (κ2) is 4.96. The van der Waals surface area contributed by atoms with Gasteiger partial charge in [0.1, 0.15) is 5.75 Å². The van der Waals surface area contributed by atoms with Gasteiger partial charge in [-0.1, -0.05) is 6.07 Å². The zero-order chi connectivity index (χ0) is 13.2. The first-order valence-electron chi connectivity index (χ1n) is 6.67. The Balaban J connectivity index is 1.74. The Morgan fingerprint density at radius 1 is 1.42 bits per heavy atom. The third-order valence-electron chi connectivity index (χ3n) is 3.50. The van der Waals surface area contributed by atoms with Crippen molar-refractivity contribution in [1.29, 1.82) is 0 Å². The van der Waals surface area contributed by atoms with Crippen molar-refractivity contribution in [3.8, 4) is 5.75 Å². The Labute approximate surface area is 113 Å². The number of nitrogens with one attached hydrogen (secondary N) is 1. The molecule has 0 unspecified atom stereocenters. The summed E-state index contributed by atoms with van der Waals surface area (Å²) in [5, 5.41) is 3.44. The molecule has 0 amide bonds. The molecule has 0 spiro atoms. The number of imidazole rings is 1. The van der Waals surface area contributed by atoms with Crippen LogP contribution >= 0.6 is 0 Å². The quantitative estimate of drug-likeness (QED) is 0.894. The number of benzene rings is 1. The van der Waals surface area contributed by atoms with Crippen molar-refractivity contribution in [3.05, 3.63) is 42.0 Å². The van der Waals surface area contributed by atoms with E-state index in [0.717, 1.165) is 18.0 Å². The first kappa shape index (κ1) is 12.1. The Kier molecular flexibility index (Phi) is 3.15. The topological polar surface area (TPSA) is 39.1 Å². The lowest BCUT2D eigenvalue weighted by atomic mass is 10.2. The molecule has 19 heavy (non-hydrogen) atoms. The van der Waals surface area contributed by atoms with Crippen LogP contribution in [-0.2, 0) is 6.54 Å². The molecule has 1 N–H and O–H groups in total. The minimum Gasteiger partial charge on any atom is -0.495 e. The monoisotopic (exact) mass is 257 g/mol. The van der Waals surface area contributed by atoms with Crippen molar-refractivity contribution < 1.29 is 4.74 Å². The highest BCUT2D eigenvalue weighted by Gasteiger charge is 2.25. The van der Waals surface area contributed by atoms with Crippen LogP contribution in [0.2, 0.25) is 0 Å². The van der Waals surface area contributed by atoms with Crippen LogP contribution in [0.1, 0.15) is 30.1 Å². The highest BCUT2D eigenvalue weighted by Crippen LogP contribution is 2.36. The second-order valence-corrected chi connectivity index (χ2v) is 5.08. The van der Waals surface area contributed by atoms with Gasteiger partial charge in [-0.05, 0) is 37.5 Å². The van der Waals surface area contributed by atoms with Crippen molar-refractivity contribution >= 4 is 5.69 Å². The Hall–Kier alpha value is -1.97. The largest absolute Gasteiger partial charge is 0.495 e. The fraction of sp³-hybridized carbons (Fsp3) is 0.400. The molecule has 1 heterocycles. The Morgan fingerprint density at radius 2 is 2.26 bits per heavy atom. The van der Waals surface area contributed by atoms with Gasteiger partial charge in [-0.2, -0.15) is 0 Å². The van der Waals surface area contributed by atoms with Crippen LogP contribution < -0.4 is 10.1 Å². The van der Waals surface area contributed by atoms with Gasteiger partial charge in [-0.25, -0.2) is 4.98 Å². The molecule has 0 atom stereocenters. The predicted molar refractivity (Wildman–Crippen MR) is 75.6 cm³/mol. The lowest BCUT2D eigenvalue weighted by molar-refractivity contribution is 0.416. The molecule has 1 aliphatic rings. The number of ether oxygens (including phenoxy) is 1. The molecule has 4 nitrogen and oxygen atoms in total. The molecule has 1 aromatic carbocycles. The van der Waals surface area contributed by atoms with Gasteiger partial charge in [0.15, 0.2) is 0 Å². The van der Waals surface area contributed by atoms with E-state index < -0.39 is 0 Å². The maximum Gasteiger partial charge on any atom is 0.141 e. The third kappa shape index (κ3) is 2.57. The molecule has 2 aromatic rings. The van der Waals surface area contributed by atoms with Crippen LogP contribution in [0.3, 0.4) is 0 Å². The van der Waals surface area contributed by atoms with E-state index >= 15 is 0 Å². The molecule has 0 radical (unpaired) electrons. The van der Waals surface area contributed by atoms with Crippen molar-refractivity contribution in [2.45, 2.75) is 32.4 Å². The standard InChI is InChI=1S/C15H19N3O/c1-11-3-6-15(19-2)14(7-11)17-9-13-8-16-10-18(13)12-4-5-12/h3,6-8,10,12,17H,4-5,9H2,1-2H3. The normalized spacial score (nSPS) is 14.4. The van der Waals surface area contributed by atoms with E-state index in [1.807, 2.05) is 18.6 Å². The predicted octanol–water partition coefficient (Wildman–Crippen LogP) is 3.15. The van der Waals surface area contributed by atoms with Crippen molar-refractivity contribution in [2.75, 3.05) is 12.4 Å². The molecule has 0 aliphatic heterocycles. The molecular formula is C15H19N3O. The highest BCUT2D eigenvalue weighted by atomic mass is 16.5. The van der Waals surface area contributed by atoms with Gasteiger partial charge in [-0.3, -0.25) is 0 Å². The van der Waals surface area contributed by atoms with Crippen molar-refractivity contribution in [1.82, 2.24) is 9.55 Å². The number of anilines is 1. The van der Waals surface area contributed by atoms with E-state index in [1.165, 1.54) is 24.1 Å². The molecular weight excluding hydrogens is 238 g/mol. The first-order valence-corrected chi connectivity index (χ1v) is 6.67. The number of rotatable bonds is 5. The SMILES string of the molecule is COc1ccc(C)cc1NCc1cncn1C1CC1. The maximum absolute atomic E-state index is 5.38. The summed E-state index contributed by atoms with van der Waals surface area (Å²) in [6.07, 6.45) is 6.42. The van der Waals surface area contributed by atoms with Crippen LogP contribution in [0.25, 0.3) is 0 Å². The summed E-state index contributed by atoms with van der Waals surface area (Å²) in [7, 11) is 1.70. The van der Waals surface area contributed by atoms with Crippen LogP contribution in [-0.4, -0.2) is 16.7 Å². The molecule has 1 aromatic heterocycles. The van der Waals surface area contributed by atoms with E-state index in [1.54, 1.807) is 7.11 Å². The summed E-state index contributed by atoms with van der Waals surface area (Å²) in [6.45, 7) is 2.86. The summed E-state index contributed by atoms with van der Waals surface area (Å²) in [6, 6.07) is 6.82. The summed E-state index contributed by atoms with van der Waals surface area (Å²) in [4.78, 5) is 4.25. The zero-order valence-electron chi connectivity index (χ0n) is 11.4. The summed E-state index contributed by atoms with van der Waals surface area (Å²) >= 11 is 0. The molecule has 1 fully saturated rings. The van der Waals surface area contributed by atoms with Crippen LogP contribution in [0, 0.1) is 6.92 Å².